The third-order valence-electron chi connectivity index (χ3n) is 4.84. The van der Waals surface area contributed by atoms with Crippen molar-refractivity contribution >= 4 is 34.8 Å². The van der Waals surface area contributed by atoms with Gasteiger partial charge in [0, 0.05) is 30.9 Å². The molecule has 128 valence electrons. The van der Waals surface area contributed by atoms with Gasteiger partial charge in [-0.25, -0.2) is 4.39 Å². The number of fused-ring (bicyclic) bond motifs is 1. The Balaban J connectivity index is 1.54. The van der Waals surface area contributed by atoms with E-state index in [1.807, 2.05) is 24.3 Å². The highest BCUT2D eigenvalue weighted by Crippen LogP contribution is 2.33. The Morgan fingerprint density at radius 1 is 1.20 bits per heavy atom. The summed E-state index contributed by atoms with van der Waals surface area (Å²) in [7, 11) is 0. The Bertz CT molecular complexity index is 870. The van der Waals surface area contributed by atoms with Crippen molar-refractivity contribution in [1.82, 2.24) is 0 Å². The molecule has 2 amide bonds. The first kappa shape index (κ1) is 16.1. The molecule has 0 radical (unpaired) electrons. The van der Waals surface area contributed by atoms with Crippen molar-refractivity contribution in [3.8, 4) is 0 Å². The summed E-state index contributed by atoms with van der Waals surface area (Å²) in [6.07, 6.45) is 0.992. The standard InChI is InChI=1S/C19H16ClFN2O2/c20-15-10-14(5-6-16(15)21)23-11-13(9-18(23)24)19(25)22-8-7-12-3-1-2-4-17(12)22/h1-6,10,13H,7-9,11H2. The lowest BCUT2D eigenvalue weighted by molar-refractivity contribution is -0.124. The first-order chi connectivity index (χ1) is 12.0. The predicted molar refractivity (Wildman–Crippen MR) is 94.4 cm³/mol. The largest absolute Gasteiger partial charge is 0.312 e. The zero-order valence-corrected chi connectivity index (χ0v) is 14.2. The minimum Gasteiger partial charge on any atom is -0.312 e. The monoisotopic (exact) mass is 358 g/mol. The van der Waals surface area contributed by atoms with Crippen molar-refractivity contribution in [2.24, 2.45) is 5.92 Å². The Kier molecular flexibility index (Phi) is 3.96. The molecule has 2 aliphatic rings. The summed E-state index contributed by atoms with van der Waals surface area (Å²) in [5.74, 6) is -1.11. The van der Waals surface area contributed by atoms with E-state index in [9.17, 15) is 14.0 Å². The van der Waals surface area contributed by atoms with E-state index in [0.717, 1.165) is 17.7 Å². The zero-order chi connectivity index (χ0) is 17.6. The lowest BCUT2D eigenvalue weighted by Crippen LogP contribution is -2.36. The summed E-state index contributed by atoms with van der Waals surface area (Å²) in [6.45, 7) is 0.934. The molecule has 0 spiro atoms. The van der Waals surface area contributed by atoms with Crippen LogP contribution in [0, 0.1) is 11.7 Å². The molecule has 25 heavy (non-hydrogen) atoms. The van der Waals surface area contributed by atoms with Gasteiger partial charge in [0.05, 0.1) is 10.9 Å². The van der Waals surface area contributed by atoms with E-state index in [1.54, 1.807) is 4.90 Å². The Labute approximate surface area is 149 Å². The third-order valence-corrected chi connectivity index (χ3v) is 5.13. The summed E-state index contributed by atoms with van der Waals surface area (Å²) in [4.78, 5) is 28.6. The number of benzene rings is 2. The first-order valence-electron chi connectivity index (χ1n) is 8.19. The normalized spacial score (nSPS) is 19.4. The minimum absolute atomic E-state index is 0.0333. The van der Waals surface area contributed by atoms with Gasteiger partial charge in [-0.15, -0.1) is 0 Å². The van der Waals surface area contributed by atoms with Crippen molar-refractivity contribution < 1.29 is 14.0 Å². The molecule has 1 atom stereocenters. The summed E-state index contributed by atoms with van der Waals surface area (Å²) >= 11 is 5.81. The van der Waals surface area contributed by atoms with Crippen LogP contribution in [0.15, 0.2) is 42.5 Å². The van der Waals surface area contributed by atoms with Gasteiger partial charge in [-0.2, -0.15) is 0 Å². The van der Waals surface area contributed by atoms with E-state index in [4.69, 9.17) is 11.6 Å². The fraction of sp³-hybridized carbons (Fsp3) is 0.263. The van der Waals surface area contributed by atoms with Gasteiger partial charge in [-0.1, -0.05) is 29.8 Å². The molecule has 6 heteroatoms. The topological polar surface area (TPSA) is 40.6 Å². The molecule has 4 nitrogen and oxygen atoms in total. The van der Waals surface area contributed by atoms with Gasteiger partial charge in [0.1, 0.15) is 5.82 Å². The average Bonchev–Trinajstić information content (AvgIpc) is 3.20. The molecule has 1 unspecified atom stereocenters. The highest BCUT2D eigenvalue weighted by Gasteiger charge is 2.39. The predicted octanol–water partition coefficient (Wildman–Crippen LogP) is 3.42. The van der Waals surface area contributed by atoms with Crippen molar-refractivity contribution in [1.29, 1.82) is 0 Å². The number of carbonyl (C=O) groups is 2. The molecule has 0 bridgehead atoms. The van der Waals surface area contributed by atoms with Crippen LogP contribution in [0.4, 0.5) is 15.8 Å². The fourth-order valence-electron chi connectivity index (χ4n) is 3.56. The first-order valence-corrected chi connectivity index (χ1v) is 8.57. The lowest BCUT2D eigenvalue weighted by atomic mass is 10.1. The van der Waals surface area contributed by atoms with Gasteiger partial charge in [-0.3, -0.25) is 9.59 Å². The van der Waals surface area contributed by atoms with Gasteiger partial charge in [0.2, 0.25) is 11.8 Å². The number of hydrogen-bond donors (Lipinski definition) is 0. The number of hydrogen-bond acceptors (Lipinski definition) is 2. The molecule has 0 aromatic heterocycles. The number of para-hydroxylation sites is 1. The molecule has 0 N–H and O–H groups in total. The van der Waals surface area contributed by atoms with Gasteiger partial charge < -0.3 is 9.80 Å². The van der Waals surface area contributed by atoms with Crippen LogP contribution in [0.2, 0.25) is 5.02 Å². The SMILES string of the molecule is O=C1CC(C(=O)N2CCc3ccccc32)CN1c1ccc(F)c(Cl)c1. The van der Waals surface area contributed by atoms with Gasteiger partial charge in [0.25, 0.3) is 0 Å². The average molecular weight is 359 g/mol. The van der Waals surface area contributed by atoms with Crippen molar-refractivity contribution in [2.45, 2.75) is 12.8 Å². The van der Waals surface area contributed by atoms with Crippen LogP contribution in [0.5, 0.6) is 0 Å². The quantitative estimate of drug-likeness (QED) is 0.825. The Morgan fingerprint density at radius 2 is 2.00 bits per heavy atom. The highest BCUT2D eigenvalue weighted by molar-refractivity contribution is 6.31. The van der Waals surface area contributed by atoms with E-state index in [-0.39, 0.29) is 29.8 Å². The number of amides is 2. The summed E-state index contributed by atoms with van der Waals surface area (Å²) < 4.78 is 13.3. The molecule has 0 saturated carbocycles. The fourth-order valence-corrected chi connectivity index (χ4v) is 3.74. The second-order valence-corrected chi connectivity index (χ2v) is 6.78. The van der Waals surface area contributed by atoms with Crippen molar-refractivity contribution in [3.63, 3.8) is 0 Å². The smallest absolute Gasteiger partial charge is 0.232 e. The maximum Gasteiger partial charge on any atom is 0.232 e. The summed E-state index contributed by atoms with van der Waals surface area (Å²) in [5, 5.41) is -0.0338. The summed E-state index contributed by atoms with van der Waals surface area (Å²) in [5.41, 5.74) is 2.61. The molecule has 0 aliphatic carbocycles. The van der Waals surface area contributed by atoms with E-state index < -0.39 is 11.7 Å². The van der Waals surface area contributed by atoms with Crippen LogP contribution < -0.4 is 9.80 Å². The van der Waals surface area contributed by atoms with Crippen molar-refractivity contribution in [3.05, 3.63) is 58.9 Å². The maximum atomic E-state index is 13.3. The van der Waals surface area contributed by atoms with Crippen molar-refractivity contribution in [2.75, 3.05) is 22.9 Å². The van der Waals surface area contributed by atoms with E-state index >= 15 is 0 Å². The zero-order valence-electron chi connectivity index (χ0n) is 13.4. The number of rotatable bonds is 2. The molecule has 2 aromatic carbocycles. The Morgan fingerprint density at radius 3 is 2.80 bits per heavy atom. The van der Waals surface area contributed by atoms with Gasteiger partial charge in [-0.05, 0) is 36.2 Å². The van der Waals surface area contributed by atoms with Crippen LogP contribution in [0.3, 0.4) is 0 Å². The molecule has 2 heterocycles. The number of halogens is 2. The second kappa shape index (κ2) is 6.15. The Hall–Kier alpha value is -2.40. The maximum absolute atomic E-state index is 13.3. The number of anilines is 2. The molecule has 2 aliphatic heterocycles. The van der Waals surface area contributed by atoms with Gasteiger partial charge in [0.15, 0.2) is 0 Å². The highest BCUT2D eigenvalue weighted by atomic mass is 35.5. The van der Waals surface area contributed by atoms with E-state index in [0.29, 0.717) is 12.2 Å². The molecular formula is C19H16ClFN2O2. The van der Waals surface area contributed by atoms with E-state index in [2.05, 4.69) is 0 Å². The minimum atomic E-state index is -0.529. The number of nitrogens with zero attached hydrogens (tertiary/aromatic N) is 2. The third kappa shape index (κ3) is 2.78. The van der Waals surface area contributed by atoms with Crippen LogP contribution >= 0.6 is 11.6 Å². The second-order valence-electron chi connectivity index (χ2n) is 6.37. The van der Waals surface area contributed by atoms with Gasteiger partial charge >= 0.3 is 0 Å². The lowest BCUT2D eigenvalue weighted by Gasteiger charge is -2.22. The van der Waals surface area contributed by atoms with Crippen LogP contribution in [-0.4, -0.2) is 24.9 Å². The molecule has 1 saturated heterocycles. The van der Waals surface area contributed by atoms with Crippen LogP contribution in [0.1, 0.15) is 12.0 Å². The van der Waals surface area contributed by atoms with Crippen LogP contribution in [-0.2, 0) is 16.0 Å². The van der Waals surface area contributed by atoms with E-state index in [1.165, 1.54) is 23.1 Å². The molecule has 2 aromatic rings. The van der Waals surface area contributed by atoms with Crippen LogP contribution in [0.25, 0.3) is 0 Å². The number of carbonyl (C=O) groups excluding carboxylic acids is 2. The summed E-state index contributed by atoms with van der Waals surface area (Å²) in [6, 6.07) is 12.0. The molecule has 1 fully saturated rings. The molecular weight excluding hydrogens is 343 g/mol. The molecule has 4 rings (SSSR count).